The molecule has 1 aromatic carbocycles. The van der Waals surface area contributed by atoms with E-state index in [1.54, 1.807) is 6.20 Å². The van der Waals surface area contributed by atoms with Crippen molar-refractivity contribution in [3.63, 3.8) is 0 Å². The van der Waals surface area contributed by atoms with Crippen LogP contribution in [0.4, 0.5) is 10.1 Å². The van der Waals surface area contributed by atoms with Crippen LogP contribution in [-0.2, 0) is 6.42 Å². The molecule has 3 nitrogen and oxygen atoms in total. The zero-order valence-corrected chi connectivity index (χ0v) is 11.5. The first kappa shape index (κ1) is 14.5. The van der Waals surface area contributed by atoms with Crippen molar-refractivity contribution >= 4 is 5.69 Å². The second-order valence-corrected chi connectivity index (χ2v) is 4.72. The minimum Gasteiger partial charge on any atom is -0.371 e. The van der Waals surface area contributed by atoms with E-state index in [1.165, 1.54) is 17.7 Å². The highest BCUT2D eigenvalue weighted by atomic mass is 19.1. The predicted molar refractivity (Wildman–Crippen MR) is 80.2 cm³/mol. The first-order valence-corrected chi connectivity index (χ1v) is 6.89. The molecule has 1 aromatic heterocycles. The van der Waals surface area contributed by atoms with Gasteiger partial charge >= 0.3 is 0 Å². The minimum atomic E-state index is -0.209. The molecule has 0 aliphatic heterocycles. The molecule has 106 valence electrons. The fraction of sp³-hybridized carbons (Fsp3) is 0.312. The topological polar surface area (TPSA) is 42.1 Å². The number of aromatic nitrogens is 1. The van der Waals surface area contributed by atoms with Crippen molar-refractivity contribution in [3.05, 3.63) is 60.2 Å². The lowest BCUT2D eigenvalue weighted by atomic mass is 10.2. The number of hydrogen-bond acceptors (Lipinski definition) is 3. The highest BCUT2D eigenvalue weighted by Gasteiger charge is 2.06. The van der Waals surface area contributed by atoms with Gasteiger partial charge in [-0.25, -0.2) is 4.39 Å². The van der Waals surface area contributed by atoms with Crippen molar-refractivity contribution < 1.29 is 4.39 Å². The summed E-state index contributed by atoms with van der Waals surface area (Å²) in [7, 11) is 0. The standard InChI is InChI=1S/C16H20FN3/c17-15-4-6-16(7-5-15)20(11-2-9-18)12-8-14-3-1-10-19-13-14/h1,3-7,10,13H,2,8-9,11-12,18H2. The van der Waals surface area contributed by atoms with Crippen LogP contribution in [0.5, 0.6) is 0 Å². The van der Waals surface area contributed by atoms with E-state index < -0.39 is 0 Å². The highest BCUT2D eigenvalue weighted by molar-refractivity contribution is 5.46. The van der Waals surface area contributed by atoms with Gasteiger partial charge in [0.05, 0.1) is 0 Å². The molecule has 0 fully saturated rings. The zero-order valence-electron chi connectivity index (χ0n) is 11.5. The summed E-state index contributed by atoms with van der Waals surface area (Å²) < 4.78 is 13.0. The third-order valence-corrected chi connectivity index (χ3v) is 3.22. The molecular formula is C16H20FN3. The second-order valence-electron chi connectivity index (χ2n) is 4.72. The van der Waals surface area contributed by atoms with E-state index in [0.29, 0.717) is 6.54 Å². The van der Waals surface area contributed by atoms with E-state index in [4.69, 9.17) is 5.73 Å². The molecule has 0 radical (unpaired) electrons. The van der Waals surface area contributed by atoms with Crippen molar-refractivity contribution in [2.24, 2.45) is 5.73 Å². The number of nitrogens with zero attached hydrogens (tertiary/aromatic N) is 2. The van der Waals surface area contributed by atoms with Gasteiger partial charge in [0.2, 0.25) is 0 Å². The van der Waals surface area contributed by atoms with Gasteiger partial charge in [-0.05, 0) is 55.3 Å². The maximum atomic E-state index is 13.0. The number of anilines is 1. The molecule has 0 saturated heterocycles. The van der Waals surface area contributed by atoms with Gasteiger partial charge in [0.1, 0.15) is 5.82 Å². The number of nitrogens with two attached hydrogens (primary N) is 1. The number of rotatable bonds is 7. The summed E-state index contributed by atoms with van der Waals surface area (Å²) in [5.41, 5.74) is 7.82. The third-order valence-electron chi connectivity index (χ3n) is 3.22. The number of halogens is 1. The van der Waals surface area contributed by atoms with E-state index >= 15 is 0 Å². The quantitative estimate of drug-likeness (QED) is 0.843. The molecule has 0 amide bonds. The van der Waals surface area contributed by atoms with E-state index in [9.17, 15) is 4.39 Å². The van der Waals surface area contributed by atoms with Crippen LogP contribution in [0.2, 0.25) is 0 Å². The molecule has 20 heavy (non-hydrogen) atoms. The molecule has 1 heterocycles. The Morgan fingerprint density at radius 1 is 1.10 bits per heavy atom. The summed E-state index contributed by atoms with van der Waals surface area (Å²) in [6.07, 6.45) is 5.49. The summed E-state index contributed by atoms with van der Waals surface area (Å²) in [4.78, 5) is 6.36. The maximum absolute atomic E-state index is 13.0. The second kappa shape index (κ2) is 7.60. The third kappa shape index (κ3) is 4.31. The average Bonchev–Trinajstić information content (AvgIpc) is 2.50. The van der Waals surface area contributed by atoms with Crippen LogP contribution in [0, 0.1) is 5.82 Å². The number of benzene rings is 1. The lowest BCUT2D eigenvalue weighted by Crippen LogP contribution is -2.28. The largest absolute Gasteiger partial charge is 0.371 e. The molecule has 0 saturated carbocycles. The highest BCUT2D eigenvalue weighted by Crippen LogP contribution is 2.16. The summed E-state index contributed by atoms with van der Waals surface area (Å²) in [5, 5.41) is 0. The molecule has 0 bridgehead atoms. The Morgan fingerprint density at radius 3 is 2.55 bits per heavy atom. The number of pyridine rings is 1. The Labute approximate surface area is 119 Å². The van der Waals surface area contributed by atoms with Crippen molar-refractivity contribution in [1.29, 1.82) is 0 Å². The van der Waals surface area contributed by atoms with Gasteiger partial charge in [0, 0.05) is 31.2 Å². The van der Waals surface area contributed by atoms with Gasteiger partial charge < -0.3 is 10.6 Å². The van der Waals surface area contributed by atoms with Gasteiger partial charge in [-0.1, -0.05) is 6.07 Å². The molecule has 2 rings (SSSR count). The smallest absolute Gasteiger partial charge is 0.123 e. The van der Waals surface area contributed by atoms with Gasteiger partial charge in [-0.2, -0.15) is 0 Å². The van der Waals surface area contributed by atoms with Crippen molar-refractivity contribution in [2.45, 2.75) is 12.8 Å². The average molecular weight is 273 g/mol. The van der Waals surface area contributed by atoms with Crippen LogP contribution in [0.3, 0.4) is 0 Å². The summed E-state index contributed by atoms with van der Waals surface area (Å²) >= 11 is 0. The van der Waals surface area contributed by atoms with Crippen LogP contribution < -0.4 is 10.6 Å². The van der Waals surface area contributed by atoms with Gasteiger partial charge in [0.15, 0.2) is 0 Å². The van der Waals surface area contributed by atoms with E-state index in [0.717, 1.165) is 31.6 Å². The van der Waals surface area contributed by atoms with E-state index in [-0.39, 0.29) is 5.82 Å². The van der Waals surface area contributed by atoms with Crippen LogP contribution in [0.15, 0.2) is 48.8 Å². The molecule has 4 heteroatoms. The summed E-state index contributed by atoms with van der Waals surface area (Å²) in [6.45, 7) is 2.41. The monoisotopic (exact) mass is 273 g/mol. The molecule has 2 N–H and O–H groups in total. The Balaban J connectivity index is 2.01. The molecule has 0 atom stereocenters. The fourth-order valence-corrected chi connectivity index (χ4v) is 2.11. The zero-order chi connectivity index (χ0) is 14.2. The number of hydrogen-bond donors (Lipinski definition) is 1. The Bertz CT molecular complexity index is 499. The van der Waals surface area contributed by atoms with Crippen LogP contribution in [0.1, 0.15) is 12.0 Å². The fourth-order valence-electron chi connectivity index (χ4n) is 2.11. The minimum absolute atomic E-state index is 0.209. The molecule has 2 aromatic rings. The van der Waals surface area contributed by atoms with Crippen molar-refractivity contribution in [1.82, 2.24) is 4.98 Å². The van der Waals surface area contributed by atoms with Crippen LogP contribution in [-0.4, -0.2) is 24.6 Å². The molecular weight excluding hydrogens is 253 g/mol. The molecule has 0 aliphatic rings. The Hall–Kier alpha value is -1.94. The van der Waals surface area contributed by atoms with E-state index in [2.05, 4.69) is 16.0 Å². The molecule has 0 aliphatic carbocycles. The first-order valence-electron chi connectivity index (χ1n) is 6.89. The van der Waals surface area contributed by atoms with Gasteiger partial charge in [-0.3, -0.25) is 4.98 Å². The lowest BCUT2D eigenvalue weighted by molar-refractivity contribution is 0.627. The lowest BCUT2D eigenvalue weighted by Gasteiger charge is -2.24. The van der Waals surface area contributed by atoms with Crippen LogP contribution >= 0.6 is 0 Å². The normalized spacial score (nSPS) is 10.5. The summed E-state index contributed by atoms with van der Waals surface area (Å²) in [5.74, 6) is -0.209. The molecule has 0 spiro atoms. The van der Waals surface area contributed by atoms with Crippen molar-refractivity contribution in [2.75, 3.05) is 24.5 Å². The van der Waals surface area contributed by atoms with Crippen molar-refractivity contribution in [3.8, 4) is 0 Å². The Morgan fingerprint density at radius 2 is 1.90 bits per heavy atom. The predicted octanol–water partition coefficient (Wildman–Crippen LogP) is 2.62. The Kier molecular flexibility index (Phi) is 5.50. The van der Waals surface area contributed by atoms with Crippen LogP contribution in [0.25, 0.3) is 0 Å². The first-order chi connectivity index (χ1) is 9.79. The maximum Gasteiger partial charge on any atom is 0.123 e. The molecule has 0 unspecified atom stereocenters. The summed E-state index contributed by atoms with van der Waals surface area (Å²) in [6, 6.07) is 10.6. The van der Waals surface area contributed by atoms with Gasteiger partial charge in [0.25, 0.3) is 0 Å². The van der Waals surface area contributed by atoms with Gasteiger partial charge in [-0.15, -0.1) is 0 Å². The SMILES string of the molecule is NCCCN(CCc1cccnc1)c1ccc(F)cc1. The van der Waals surface area contributed by atoms with E-state index in [1.807, 2.05) is 24.4 Å².